The molecule has 0 N–H and O–H groups in total. The van der Waals surface area contributed by atoms with Crippen molar-refractivity contribution in [1.29, 1.82) is 0 Å². The van der Waals surface area contributed by atoms with E-state index in [-0.39, 0.29) is 11.6 Å². The van der Waals surface area contributed by atoms with Crippen LogP contribution in [0.1, 0.15) is 48.5 Å². The maximum absolute atomic E-state index is 11.8. The van der Waals surface area contributed by atoms with Crippen molar-refractivity contribution in [3.63, 3.8) is 0 Å². The Morgan fingerprint density at radius 2 is 2.00 bits per heavy atom. The average molecular weight is 235 g/mol. The number of nitrogens with zero attached hydrogens (tertiary/aromatic N) is 1. The lowest BCUT2D eigenvalue weighted by atomic mass is 9.95. The molecule has 0 radical (unpaired) electrons. The van der Waals surface area contributed by atoms with E-state index in [9.17, 15) is 9.59 Å². The van der Waals surface area contributed by atoms with E-state index < -0.39 is 5.97 Å². The molecule has 17 heavy (non-hydrogen) atoms. The highest BCUT2D eigenvalue weighted by atomic mass is 16.5. The van der Waals surface area contributed by atoms with Crippen LogP contribution in [0.15, 0.2) is 23.1 Å². The molecule has 0 aliphatic heterocycles. The molecule has 1 aliphatic rings. The van der Waals surface area contributed by atoms with E-state index in [1.165, 1.54) is 25.7 Å². The van der Waals surface area contributed by atoms with Crippen LogP contribution < -0.4 is 5.56 Å². The summed E-state index contributed by atoms with van der Waals surface area (Å²) in [5.41, 5.74) is 0.405. The Morgan fingerprint density at radius 1 is 1.29 bits per heavy atom. The molecule has 1 fully saturated rings. The van der Waals surface area contributed by atoms with E-state index in [0.717, 1.165) is 25.7 Å². The summed E-state index contributed by atoms with van der Waals surface area (Å²) >= 11 is 0. The molecule has 0 aromatic carbocycles. The number of carbonyl (C=O) groups is 1. The lowest BCUT2D eigenvalue weighted by molar-refractivity contribution is 0.0599. The number of rotatable bonds is 2. The summed E-state index contributed by atoms with van der Waals surface area (Å²) in [5.74, 6) is -0.394. The normalized spacial score (nSPS) is 16.8. The van der Waals surface area contributed by atoms with Gasteiger partial charge in [0.1, 0.15) is 0 Å². The molecule has 0 atom stereocenters. The van der Waals surface area contributed by atoms with Crippen LogP contribution in [-0.4, -0.2) is 17.6 Å². The third-order valence-corrected chi connectivity index (χ3v) is 3.33. The molecule has 1 saturated carbocycles. The molecular weight excluding hydrogens is 218 g/mol. The zero-order chi connectivity index (χ0) is 12.3. The minimum absolute atomic E-state index is 0.0375. The monoisotopic (exact) mass is 235 g/mol. The standard InChI is InChI=1S/C13H17NO3/c1-17-13(16)10-7-8-12(15)14(9-10)11-5-3-2-4-6-11/h7-9,11H,2-6H2,1H3. The molecule has 1 aromatic heterocycles. The van der Waals surface area contributed by atoms with Crippen LogP contribution in [0.5, 0.6) is 0 Å². The van der Waals surface area contributed by atoms with Gasteiger partial charge in [0.2, 0.25) is 0 Å². The van der Waals surface area contributed by atoms with E-state index in [2.05, 4.69) is 4.74 Å². The summed E-state index contributed by atoms with van der Waals surface area (Å²) in [6.07, 6.45) is 7.21. The first-order valence-corrected chi connectivity index (χ1v) is 6.03. The van der Waals surface area contributed by atoms with Gasteiger partial charge in [-0.1, -0.05) is 19.3 Å². The maximum Gasteiger partial charge on any atom is 0.339 e. The second kappa shape index (κ2) is 5.17. The molecule has 0 amide bonds. The van der Waals surface area contributed by atoms with E-state index in [1.807, 2.05) is 0 Å². The van der Waals surface area contributed by atoms with Crippen molar-refractivity contribution in [3.05, 3.63) is 34.2 Å². The molecule has 0 spiro atoms. The van der Waals surface area contributed by atoms with Crippen molar-refractivity contribution in [3.8, 4) is 0 Å². The topological polar surface area (TPSA) is 48.3 Å². The molecule has 4 heteroatoms. The van der Waals surface area contributed by atoms with Gasteiger partial charge in [-0.2, -0.15) is 0 Å². The molecule has 0 bridgehead atoms. The van der Waals surface area contributed by atoms with Crippen LogP contribution in [0.4, 0.5) is 0 Å². The van der Waals surface area contributed by atoms with Gasteiger partial charge in [-0.05, 0) is 18.9 Å². The number of carbonyl (C=O) groups excluding carboxylic acids is 1. The minimum atomic E-state index is -0.394. The van der Waals surface area contributed by atoms with E-state index >= 15 is 0 Å². The van der Waals surface area contributed by atoms with Crippen molar-refractivity contribution >= 4 is 5.97 Å². The zero-order valence-corrected chi connectivity index (χ0v) is 10.0. The van der Waals surface area contributed by atoms with Gasteiger partial charge in [0.05, 0.1) is 12.7 Å². The van der Waals surface area contributed by atoms with Gasteiger partial charge in [0, 0.05) is 18.3 Å². The Morgan fingerprint density at radius 3 is 2.65 bits per heavy atom. The van der Waals surface area contributed by atoms with Crippen LogP contribution in [-0.2, 0) is 4.74 Å². The van der Waals surface area contributed by atoms with Gasteiger partial charge in [-0.25, -0.2) is 4.79 Å². The van der Waals surface area contributed by atoms with Crippen molar-refractivity contribution in [2.24, 2.45) is 0 Å². The Hall–Kier alpha value is -1.58. The lowest BCUT2D eigenvalue weighted by Gasteiger charge is -2.24. The largest absolute Gasteiger partial charge is 0.465 e. The van der Waals surface area contributed by atoms with Crippen molar-refractivity contribution < 1.29 is 9.53 Å². The summed E-state index contributed by atoms with van der Waals surface area (Å²) < 4.78 is 6.35. The lowest BCUT2D eigenvalue weighted by Crippen LogP contribution is -2.26. The number of pyridine rings is 1. The number of hydrogen-bond donors (Lipinski definition) is 0. The molecule has 92 valence electrons. The highest BCUT2D eigenvalue weighted by Gasteiger charge is 2.17. The fourth-order valence-electron chi connectivity index (χ4n) is 2.39. The highest BCUT2D eigenvalue weighted by Crippen LogP contribution is 2.26. The molecule has 1 aromatic rings. The van der Waals surface area contributed by atoms with Crippen molar-refractivity contribution in [2.75, 3.05) is 7.11 Å². The Bertz CT molecular complexity index is 458. The second-order valence-electron chi connectivity index (χ2n) is 4.45. The molecule has 2 rings (SSSR count). The summed E-state index contributed by atoms with van der Waals surface area (Å²) in [6.45, 7) is 0. The van der Waals surface area contributed by atoms with Crippen LogP contribution in [0.3, 0.4) is 0 Å². The Balaban J connectivity index is 2.31. The summed E-state index contributed by atoms with van der Waals surface area (Å²) in [6, 6.07) is 3.20. The predicted octanol–water partition coefficient (Wildman–Crippen LogP) is 2.14. The van der Waals surface area contributed by atoms with E-state index in [0.29, 0.717) is 5.56 Å². The number of ether oxygens (including phenoxy) is 1. The SMILES string of the molecule is COC(=O)c1ccc(=O)n(C2CCCCC2)c1. The predicted molar refractivity (Wildman–Crippen MR) is 64.2 cm³/mol. The molecule has 0 saturated heterocycles. The first-order chi connectivity index (χ1) is 8.22. The van der Waals surface area contributed by atoms with E-state index in [1.54, 1.807) is 10.8 Å². The van der Waals surface area contributed by atoms with Crippen LogP contribution in [0.25, 0.3) is 0 Å². The van der Waals surface area contributed by atoms with Crippen molar-refractivity contribution in [1.82, 2.24) is 4.57 Å². The third-order valence-electron chi connectivity index (χ3n) is 3.33. The van der Waals surface area contributed by atoms with Crippen molar-refractivity contribution in [2.45, 2.75) is 38.1 Å². The molecular formula is C13H17NO3. The summed E-state index contributed by atoms with van der Waals surface area (Å²) in [4.78, 5) is 23.2. The van der Waals surface area contributed by atoms with Gasteiger partial charge in [0.15, 0.2) is 0 Å². The summed E-state index contributed by atoms with van der Waals surface area (Å²) in [7, 11) is 1.35. The number of aromatic nitrogens is 1. The first-order valence-electron chi connectivity index (χ1n) is 6.03. The fraction of sp³-hybridized carbons (Fsp3) is 0.538. The molecule has 1 heterocycles. The quantitative estimate of drug-likeness (QED) is 0.738. The fourth-order valence-corrected chi connectivity index (χ4v) is 2.39. The second-order valence-corrected chi connectivity index (χ2v) is 4.45. The first kappa shape index (κ1) is 11.9. The maximum atomic E-state index is 11.8. The highest BCUT2D eigenvalue weighted by molar-refractivity contribution is 5.88. The average Bonchev–Trinajstić information content (AvgIpc) is 2.39. The van der Waals surface area contributed by atoms with Gasteiger partial charge in [0.25, 0.3) is 5.56 Å². The number of methoxy groups -OCH3 is 1. The Kier molecular flexibility index (Phi) is 3.61. The molecule has 0 unspecified atom stereocenters. The smallest absolute Gasteiger partial charge is 0.339 e. The van der Waals surface area contributed by atoms with E-state index in [4.69, 9.17) is 0 Å². The number of esters is 1. The van der Waals surface area contributed by atoms with Crippen LogP contribution in [0, 0.1) is 0 Å². The minimum Gasteiger partial charge on any atom is -0.465 e. The third kappa shape index (κ3) is 2.57. The van der Waals surface area contributed by atoms with Gasteiger partial charge < -0.3 is 9.30 Å². The number of hydrogen-bond acceptors (Lipinski definition) is 3. The van der Waals surface area contributed by atoms with Gasteiger partial charge >= 0.3 is 5.97 Å². The van der Waals surface area contributed by atoms with Crippen LogP contribution >= 0.6 is 0 Å². The Labute approximate surface area is 100 Å². The molecule has 1 aliphatic carbocycles. The van der Waals surface area contributed by atoms with Gasteiger partial charge in [-0.15, -0.1) is 0 Å². The van der Waals surface area contributed by atoms with Crippen LogP contribution in [0.2, 0.25) is 0 Å². The zero-order valence-electron chi connectivity index (χ0n) is 10.0. The molecule has 4 nitrogen and oxygen atoms in total. The van der Waals surface area contributed by atoms with Gasteiger partial charge in [-0.3, -0.25) is 4.79 Å². The summed E-state index contributed by atoms with van der Waals surface area (Å²) in [5, 5.41) is 0.